The lowest BCUT2D eigenvalue weighted by molar-refractivity contribution is -0.127. The van der Waals surface area contributed by atoms with Crippen LogP contribution in [0.5, 0.6) is 0 Å². The number of fused-ring (bicyclic) bond motifs is 2. The highest BCUT2D eigenvalue weighted by Crippen LogP contribution is 2.41. The molecule has 0 aromatic rings. The Morgan fingerprint density at radius 3 is 2.37 bits per heavy atom. The Balaban J connectivity index is 0.00000180. The number of carbonyl (C=O) groups excluding carboxylic acids is 1. The maximum absolute atomic E-state index is 12.1. The van der Waals surface area contributed by atoms with Gasteiger partial charge in [0.1, 0.15) is 0 Å². The van der Waals surface area contributed by atoms with Gasteiger partial charge in [-0.25, -0.2) is 0 Å². The highest BCUT2D eigenvalue weighted by atomic mass is 35.5. The van der Waals surface area contributed by atoms with E-state index in [1.54, 1.807) is 0 Å². The summed E-state index contributed by atoms with van der Waals surface area (Å²) in [7, 11) is 4.05. The van der Waals surface area contributed by atoms with E-state index >= 15 is 0 Å². The number of amides is 1. The number of halogens is 1. The molecule has 1 amide bonds. The summed E-state index contributed by atoms with van der Waals surface area (Å²) in [5, 5.41) is 3.07. The lowest BCUT2D eigenvalue weighted by atomic mass is 9.65. The van der Waals surface area contributed by atoms with Crippen LogP contribution in [0, 0.1) is 17.8 Å². The third-order valence-corrected chi connectivity index (χ3v) is 4.64. The highest BCUT2D eigenvalue weighted by molar-refractivity contribution is 5.85. The van der Waals surface area contributed by atoms with Gasteiger partial charge in [-0.2, -0.15) is 0 Å². The average molecular weight is 290 g/mol. The molecule has 0 aromatic heterocycles. The summed E-state index contributed by atoms with van der Waals surface area (Å²) in [5.74, 6) is 1.63. The minimum atomic E-state index is 0. The number of likely N-dealkylation sites (N-methyl/N-ethyl adjacent to an activating group) is 1. The summed E-state index contributed by atoms with van der Waals surface area (Å²) >= 11 is 0. The molecule has 0 spiro atoms. The fourth-order valence-corrected chi connectivity index (χ4v) is 3.55. The summed E-state index contributed by atoms with van der Waals surface area (Å²) in [6.45, 7) is 1.66. The van der Waals surface area contributed by atoms with Crippen molar-refractivity contribution in [1.82, 2.24) is 10.2 Å². The first-order valence-electron chi connectivity index (χ1n) is 7.26. The number of nitrogens with zero attached hydrogens (tertiary/aromatic N) is 1. The van der Waals surface area contributed by atoms with Crippen LogP contribution in [-0.4, -0.2) is 44.0 Å². The molecule has 0 saturated heterocycles. The highest BCUT2D eigenvalue weighted by Gasteiger charge is 2.40. The number of hydrogen-bond acceptors (Lipinski definition) is 3. The van der Waals surface area contributed by atoms with Crippen molar-refractivity contribution in [3.05, 3.63) is 0 Å². The second-order valence-corrected chi connectivity index (χ2v) is 6.29. The second-order valence-electron chi connectivity index (χ2n) is 6.29. The molecule has 0 heterocycles. The molecule has 2 fully saturated rings. The average Bonchev–Trinajstić information content (AvgIpc) is 2.27. The van der Waals surface area contributed by atoms with Crippen LogP contribution in [-0.2, 0) is 4.79 Å². The Morgan fingerprint density at radius 2 is 1.84 bits per heavy atom. The molecular formula is C14H28ClN3O. The SMILES string of the molecule is CN(C)CCNC(=O)C1CC2CCCC(C1)C2N.Cl. The van der Waals surface area contributed by atoms with Gasteiger partial charge in [0, 0.05) is 25.0 Å². The van der Waals surface area contributed by atoms with E-state index < -0.39 is 0 Å². The first-order chi connectivity index (χ1) is 8.58. The van der Waals surface area contributed by atoms with E-state index in [4.69, 9.17) is 5.73 Å². The maximum atomic E-state index is 12.1. The summed E-state index contributed by atoms with van der Waals surface area (Å²) in [6.07, 6.45) is 5.76. The van der Waals surface area contributed by atoms with Crippen molar-refractivity contribution in [1.29, 1.82) is 0 Å². The van der Waals surface area contributed by atoms with Crippen molar-refractivity contribution in [2.45, 2.75) is 38.1 Å². The molecule has 5 heteroatoms. The Kier molecular flexibility index (Phi) is 6.57. The first-order valence-corrected chi connectivity index (χ1v) is 7.26. The van der Waals surface area contributed by atoms with Crippen molar-refractivity contribution in [3.8, 4) is 0 Å². The summed E-state index contributed by atoms with van der Waals surface area (Å²) < 4.78 is 0. The third-order valence-electron chi connectivity index (χ3n) is 4.64. The predicted octanol–water partition coefficient (Wildman–Crippen LogP) is 1.24. The quantitative estimate of drug-likeness (QED) is 0.819. The van der Waals surface area contributed by atoms with Gasteiger partial charge in [-0.05, 0) is 51.6 Å². The zero-order valence-electron chi connectivity index (χ0n) is 12.1. The lowest BCUT2D eigenvalue weighted by Crippen LogP contribution is -2.49. The van der Waals surface area contributed by atoms with Gasteiger partial charge in [0.15, 0.2) is 0 Å². The van der Waals surface area contributed by atoms with Crippen LogP contribution in [0.3, 0.4) is 0 Å². The summed E-state index contributed by atoms with van der Waals surface area (Å²) in [6, 6.07) is 0.351. The van der Waals surface area contributed by atoms with Gasteiger partial charge in [-0.15, -0.1) is 12.4 Å². The molecule has 112 valence electrons. The fraction of sp³-hybridized carbons (Fsp3) is 0.929. The normalized spacial score (nSPS) is 33.7. The van der Waals surface area contributed by atoms with Crippen LogP contribution >= 0.6 is 12.4 Å². The molecule has 19 heavy (non-hydrogen) atoms. The molecule has 2 rings (SSSR count). The number of rotatable bonds is 4. The van der Waals surface area contributed by atoms with E-state index in [1.165, 1.54) is 19.3 Å². The van der Waals surface area contributed by atoms with E-state index in [0.29, 0.717) is 17.9 Å². The van der Waals surface area contributed by atoms with Crippen molar-refractivity contribution < 1.29 is 4.79 Å². The smallest absolute Gasteiger partial charge is 0.223 e. The predicted molar refractivity (Wildman–Crippen MR) is 80.3 cm³/mol. The van der Waals surface area contributed by atoms with Crippen molar-refractivity contribution >= 4 is 18.3 Å². The van der Waals surface area contributed by atoms with Crippen molar-refractivity contribution in [2.75, 3.05) is 27.2 Å². The minimum absolute atomic E-state index is 0. The van der Waals surface area contributed by atoms with Gasteiger partial charge in [0.2, 0.25) is 5.91 Å². The zero-order chi connectivity index (χ0) is 13.1. The fourth-order valence-electron chi connectivity index (χ4n) is 3.55. The van der Waals surface area contributed by atoms with Crippen LogP contribution in [0.1, 0.15) is 32.1 Å². The number of hydrogen-bond donors (Lipinski definition) is 2. The van der Waals surface area contributed by atoms with Gasteiger partial charge in [0.25, 0.3) is 0 Å². The number of nitrogens with one attached hydrogen (secondary N) is 1. The van der Waals surface area contributed by atoms with Crippen LogP contribution in [0.2, 0.25) is 0 Å². The van der Waals surface area contributed by atoms with E-state index in [2.05, 4.69) is 10.2 Å². The molecule has 2 atom stereocenters. The Morgan fingerprint density at radius 1 is 1.26 bits per heavy atom. The lowest BCUT2D eigenvalue weighted by Gasteiger charge is -2.43. The van der Waals surface area contributed by atoms with Gasteiger partial charge in [-0.1, -0.05) is 6.42 Å². The zero-order valence-corrected chi connectivity index (χ0v) is 12.9. The molecular weight excluding hydrogens is 262 g/mol. The first kappa shape index (κ1) is 16.7. The molecule has 3 N–H and O–H groups in total. The molecule has 2 aliphatic carbocycles. The van der Waals surface area contributed by atoms with Crippen molar-refractivity contribution in [2.24, 2.45) is 23.5 Å². The molecule has 0 aliphatic heterocycles. The van der Waals surface area contributed by atoms with E-state index in [1.807, 2.05) is 14.1 Å². The molecule has 2 aliphatic rings. The van der Waals surface area contributed by atoms with Gasteiger partial charge in [0.05, 0.1) is 0 Å². The number of nitrogens with two attached hydrogens (primary N) is 1. The minimum Gasteiger partial charge on any atom is -0.355 e. The van der Waals surface area contributed by atoms with Gasteiger partial charge in [-0.3, -0.25) is 4.79 Å². The molecule has 2 saturated carbocycles. The largest absolute Gasteiger partial charge is 0.355 e. The Labute approximate surface area is 122 Å². The topological polar surface area (TPSA) is 58.4 Å². The van der Waals surface area contributed by atoms with E-state index in [0.717, 1.165) is 25.9 Å². The van der Waals surface area contributed by atoms with E-state index in [9.17, 15) is 4.79 Å². The van der Waals surface area contributed by atoms with Crippen molar-refractivity contribution in [3.63, 3.8) is 0 Å². The van der Waals surface area contributed by atoms with Gasteiger partial charge >= 0.3 is 0 Å². The molecule has 0 radical (unpaired) electrons. The Bertz CT molecular complexity index is 284. The Hall–Kier alpha value is -0.320. The maximum Gasteiger partial charge on any atom is 0.223 e. The molecule has 2 bridgehead atoms. The standard InChI is InChI=1S/C14H27N3O.ClH/c1-17(2)7-6-16-14(18)12-8-10-4-3-5-11(9-12)13(10)15;/h10-13H,3-9,15H2,1-2H3,(H,16,18);1H. The van der Waals surface area contributed by atoms with E-state index in [-0.39, 0.29) is 24.2 Å². The second kappa shape index (κ2) is 7.46. The summed E-state index contributed by atoms with van der Waals surface area (Å²) in [4.78, 5) is 14.2. The molecule has 4 nitrogen and oxygen atoms in total. The van der Waals surface area contributed by atoms with Gasteiger partial charge < -0.3 is 16.0 Å². The molecule has 0 aromatic carbocycles. The molecule has 2 unspecified atom stereocenters. The van der Waals surface area contributed by atoms with Crippen LogP contribution in [0.25, 0.3) is 0 Å². The van der Waals surface area contributed by atoms with Crippen LogP contribution in [0.15, 0.2) is 0 Å². The van der Waals surface area contributed by atoms with Crippen LogP contribution < -0.4 is 11.1 Å². The summed E-state index contributed by atoms with van der Waals surface area (Å²) in [5.41, 5.74) is 6.25. The number of carbonyl (C=O) groups is 1. The third kappa shape index (κ3) is 4.33. The van der Waals surface area contributed by atoms with Crippen LogP contribution in [0.4, 0.5) is 0 Å². The monoisotopic (exact) mass is 289 g/mol.